The molecule has 1 saturated carbocycles. The molecule has 1 fully saturated rings. The lowest BCUT2D eigenvalue weighted by molar-refractivity contribution is -0.147. The quantitative estimate of drug-likeness (QED) is 0.624. The molecule has 22 heavy (non-hydrogen) atoms. The molecule has 0 unspecified atom stereocenters. The van der Waals surface area contributed by atoms with Crippen LogP contribution in [0.2, 0.25) is 0 Å². The molecule has 2 aromatic rings. The molecule has 0 amide bonds. The highest BCUT2D eigenvalue weighted by atomic mass is 16.6. The summed E-state index contributed by atoms with van der Waals surface area (Å²) in [6.45, 7) is 6.51. The molecule has 3 heteroatoms. The second kappa shape index (κ2) is 5.53. The Balaban J connectivity index is 1.91. The molecule has 0 atom stereocenters. The van der Waals surface area contributed by atoms with Gasteiger partial charge in [-0.1, -0.05) is 18.2 Å². The molecule has 0 aliphatic heterocycles. The molecular formula is C19H21NO2. The summed E-state index contributed by atoms with van der Waals surface area (Å²) < 4.78 is 7.47. The average Bonchev–Trinajstić information content (AvgIpc) is 3.17. The van der Waals surface area contributed by atoms with Gasteiger partial charge in [-0.3, -0.25) is 0 Å². The molecule has 1 aliphatic rings. The molecular weight excluding hydrogens is 274 g/mol. The normalized spacial score (nSPS) is 14.5. The molecule has 0 saturated heterocycles. The molecule has 114 valence electrons. The number of rotatable bonds is 2. The number of fused-ring (bicyclic) bond motifs is 1. The maximum Gasteiger partial charge on any atom is 0.385 e. The number of hydrogen-bond donors (Lipinski definition) is 0. The van der Waals surface area contributed by atoms with E-state index in [1.807, 2.05) is 32.9 Å². The lowest BCUT2D eigenvalue weighted by Gasteiger charge is -2.16. The van der Waals surface area contributed by atoms with Gasteiger partial charge in [-0.05, 0) is 57.6 Å². The Morgan fingerprint density at radius 1 is 1.32 bits per heavy atom. The molecule has 1 aliphatic carbocycles. The summed E-state index contributed by atoms with van der Waals surface area (Å²) in [7, 11) is 0. The Labute approximate surface area is 131 Å². The van der Waals surface area contributed by atoms with E-state index >= 15 is 0 Å². The molecule has 3 nitrogen and oxygen atoms in total. The van der Waals surface area contributed by atoms with Crippen LogP contribution in [0.4, 0.5) is 0 Å². The summed E-state index contributed by atoms with van der Waals surface area (Å²) in [5, 5.41) is 1.16. The van der Waals surface area contributed by atoms with Gasteiger partial charge >= 0.3 is 5.97 Å². The minimum absolute atomic E-state index is 0.476. The van der Waals surface area contributed by atoms with Gasteiger partial charge in [0.15, 0.2) is 0 Å². The number of carbonyl (C=O) groups is 1. The third-order valence-corrected chi connectivity index (χ3v) is 3.64. The van der Waals surface area contributed by atoms with E-state index in [2.05, 4.69) is 34.6 Å². The van der Waals surface area contributed by atoms with Gasteiger partial charge in [-0.2, -0.15) is 0 Å². The first-order valence-electron chi connectivity index (χ1n) is 7.76. The van der Waals surface area contributed by atoms with Crippen molar-refractivity contribution in [1.29, 1.82) is 0 Å². The highest BCUT2D eigenvalue weighted by molar-refractivity contribution is 5.90. The SMILES string of the molecule is CC(C)(C)OC(=O)C#Cc1cc2ccccc2n1CC1CC1. The van der Waals surface area contributed by atoms with Crippen LogP contribution in [-0.4, -0.2) is 16.1 Å². The van der Waals surface area contributed by atoms with Crippen molar-refractivity contribution >= 4 is 16.9 Å². The Hall–Kier alpha value is -2.21. The Morgan fingerprint density at radius 3 is 2.73 bits per heavy atom. The Kier molecular flexibility index (Phi) is 3.70. The molecule has 0 spiro atoms. The highest BCUT2D eigenvalue weighted by Crippen LogP contribution is 2.33. The van der Waals surface area contributed by atoms with Crippen LogP contribution in [-0.2, 0) is 16.1 Å². The molecule has 1 heterocycles. The van der Waals surface area contributed by atoms with E-state index in [4.69, 9.17) is 4.74 Å². The third-order valence-electron chi connectivity index (χ3n) is 3.64. The fraction of sp³-hybridized carbons (Fsp3) is 0.421. The van der Waals surface area contributed by atoms with Crippen LogP contribution in [0.1, 0.15) is 39.3 Å². The lowest BCUT2D eigenvalue weighted by atomic mass is 10.2. The smallest absolute Gasteiger partial charge is 0.385 e. The van der Waals surface area contributed by atoms with Crippen LogP contribution in [0.5, 0.6) is 0 Å². The van der Waals surface area contributed by atoms with Crippen LogP contribution in [0.15, 0.2) is 30.3 Å². The Bertz CT molecular complexity index is 764. The van der Waals surface area contributed by atoms with E-state index in [0.29, 0.717) is 0 Å². The van der Waals surface area contributed by atoms with Crippen molar-refractivity contribution < 1.29 is 9.53 Å². The van der Waals surface area contributed by atoms with Crippen molar-refractivity contribution in [3.8, 4) is 11.8 Å². The van der Waals surface area contributed by atoms with Crippen molar-refractivity contribution in [2.75, 3.05) is 0 Å². The predicted molar refractivity (Wildman–Crippen MR) is 87.4 cm³/mol. The summed E-state index contributed by atoms with van der Waals surface area (Å²) in [5.41, 5.74) is 1.56. The molecule has 0 bridgehead atoms. The zero-order chi connectivity index (χ0) is 15.7. The number of esters is 1. The monoisotopic (exact) mass is 295 g/mol. The van der Waals surface area contributed by atoms with Gasteiger partial charge in [0.2, 0.25) is 0 Å². The molecule has 1 aromatic carbocycles. The van der Waals surface area contributed by atoms with Gasteiger partial charge in [0.25, 0.3) is 0 Å². The van der Waals surface area contributed by atoms with Crippen molar-refractivity contribution in [1.82, 2.24) is 4.57 Å². The number of nitrogens with zero attached hydrogens (tertiary/aromatic N) is 1. The van der Waals surface area contributed by atoms with E-state index < -0.39 is 11.6 Å². The summed E-state index contributed by atoms with van der Waals surface area (Å²) >= 11 is 0. The summed E-state index contributed by atoms with van der Waals surface area (Å²) in [6.07, 6.45) is 2.57. The number of aromatic nitrogens is 1. The first-order chi connectivity index (χ1) is 10.4. The highest BCUT2D eigenvalue weighted by Gasteiger charge is 2.23. The van der Waals surface area contributed by atoms with Crippen molar-refractivity contribution in [3.63, 3.8) is 0 Å². The fourth-order valence-electron chi connectivity index (χ4n) is 2.49. The van der Waals surface area contributed by atoms with Crippen LogP contribution in [0.3, 0.4) is 0 Å². The standard InChI is InChI=1S/C19H21NO2/c1-19(2,3)22-18(21)11-10-16-12-15-6-4-5-7-17(15)20(16)13-14-8-9-14/h4-7,12,14H,8-9,13H2,1-3H3. The topological polar surface area (TPSA) is 31.2 Å². The van der Waals surface area contributed by atoms with Crippen LogP contribution < -0.4 is 0 Å². The van der Waals surface area contributed by atoms with E-state index in [9.17, 15) is 4.79 Å². The first-order valence-corrected chi connectivity index (χ1v) is 7.76. The van der Waals surface area contributed by atoms with Crippen molar-refractivity contribution in [2.45, 2.75) is 45.8 Å². The molecule has 1 aromatic heterocycles. The molecule has 0 radical (unpaired) electrons. The van der Waals surface area contributed by atoms with Crippen LogP contribution in [0.25, 0.3) is 10.9 Å². The van der Waals surface area contributed by atoms with Crippen LogP contribution in [0, 0.1) is 17.8 Å². The second-order valence-corrected chi connectivity index (χ2v) is 6.89. The Morgan fingerprint density at radius 2 is 2.05 bits per heavy atom. The second-order valence-electron chi connectivity index (χ2n) is 6.89. The maximum absolute atomic E-state index is 11.8. The van der Waals surface area contributed by atoms with Gasteiger partial charge in [-0.15, -0.1) is 0 Å². The summed E-state index contributed by atoms with van der Waals surface area (Å²) in [6, 6.07) is 10.3. The van der Waals surface area contributed by atoms with Gasteiger partial charge in [0.05, 0.1) is 5.69 Å². The van der Waals surface area contributed by atoms with E-state index in [1.54, 1.807) is 0 Å². The number of carbonyl (C=O) groups excluding carboxylic acids is 1. The largest absolute Gasteiger partial charge is 0.450 e. The van der Waals surface area contributed by atoms with Crippen molar-refractivity contribution in [3.05, 3.63) is 36.0 Å². The van der Waals surface area contributed by atoms with Gasteiger partial charge < -0.3 is 9.30 Å². The van der Waals surface area contributed by atoms with Crippen molar-refractivity contribution in [2.24, 2.45) is 5.92 Å². The number of ether oxygens (including phenoxy) is 1. The molecule has 3 rings (SSSR count). The third kappa shape index (κ3) is 3.51. The number of para-hydroxylation sites is 1. The van der Waals surface area contributed by atoms with Gasteiger partial charge in [0, 0.05) is 23.4 Å². The molecule has 0 N–H and O–H groups in total. The number of hydrogen-bond acceptors (Lipinski definition) is 2. The first kappa shape index (κ1) is 14.7. The summed E-state index contributed by atoms with van der Waals surface area (Å²) in [5.74, 6) is 5.89. The zero-order valence-electron chi connectivity index (χ0n) is 13.3. The minimum atomic E-state index is -0.507. The minimum Gasteiger partial charge on any atom is -0.450 e. The predicted octanol–water partition coefficient (Wildman–Crippen LogP) is 3.74. The lowest BCUT2D eigenvalue weighted by Crippen LogP contribution is -2.22. The van der Waals surface area contributed by atoms with E-state index in [1.165, 1.54) is 18.4 Å². The zero-order valence-corrected chi connectivity index (χ0v) is 13.3. The summed E-state index contributed by atoms with van der Waals surface area (Å²) in [4.78, 5) is 11.8. The van der Waals surface area contributed by atoms with Gasteiger partial charge in [0.1, 0.15) is 5.60 Å². The number of benzene rings is 1. The van der Waals surface area contributed by atoms with E-state index in [-0.39, 0.29) is 0 Å². The van der Waals surface area contributed by atoms with Crippen LogP contribution >= 0.6 is 0 Å². The van der Waals surface area contributed by atoms with E-state index in [0.717, 1.165) is 23.5 Å². The van der Waals surface area contributed by atoms with Gasteiger partial charge in [-0.25, -0.2) is 4.79 Å². The fourth-order valence-corrected chi connectivity index (χ4v) is 2.49. The maximum atomic E-state index is 11.8. The average molecular weight is 295 g/mol.